The molecule has 0 unspecified atom stereocenters. The normalized spacial score (nSPS) is 10.3. The molecule has 0 saturated carbocycles. The highest BCUT2D eigenvalue weighted by Gasteiger charge is 2.03. The van der Waals surface area contributed by atoms with Gasteiger partial charge in [-0.1, -0.05) is 78.9 Å². The molecule has 0 heterocycles. The third-order valence-corrected chi connectivity index (χ3v) is 3.60. The average Bonchev–Trinajstić information content (AvgIpc) is 2.56. The Morgan fingerprint density at radius 3 is 2.00 bits per heavy atom. The number of carbonyl (C=O) groups is 1. The largest absolute Gasteiger partial charge is 0.298 e. The number of benzene rings is 3. The zero-order valence-corrected chi connectivity index (χ0v) is 11.7. The lowest BCUT2D eigenvalue weighted by atomic mass is 9.97. The molecule has 0 aliphatic heterocycles. The lowest BCUT2D eigenvalue weighted by Crippen LogP contribution is -1.90. The predicted molar refractivity (Wildman–Crippen MR) is 86.5 cm³/mol. The van der Waals surface area contributed by atoms with Gasteiger partial charge in [-0.15, -0.1) is 0 Å². The van der Waals surface area contributed by atoms with E-state index in [1.807, 2.05) is 30.3 Å². The fourth-order valence-corrected chi connectivity index (χ4v) is 2.50. The van der Waals surface area contributed by atoms with Gasteiger partial charge >= 0.3 is 0 Å². The van der Waals surface area contributed by atoms with Crippen molar-refractivity contribution in [3.8, 4) is 11.1 Å². The number of hydrogen-bond acceptors (Lipinski definition) is 1. The molecule has 0 N–H and O–H groups in total. The number of aldehydes is 1. The maximum absolute atomic E-state index is 11.1. The molecule has 21 heavy (non-hydrogen) atoms. The number of hydrogen-bond donors (Lipinski definition) is 0. The van der Waals surface area contributed by atoms with Crippen molar-refractivity contribution in [2.75, 3.05) is 0 Å². The monoisotopic (exact) mass is 272 g/mol. The van der Waals surface area contributed by atoms with Crippen LogP contribution in [0.1, 0.15) is 21.5 Å². The summed E-state index contributed by atoms with van der Waals surface area (Å²) < 4.78 is 0. The summed E-state index contributed by atoms with van der Waals surface area (Å²) in [5, 5.41) is 0. The third kappa shape index (κ3) is 3.09. The first-order valence-electron chi connectivity index (χ1n) is 7.04. The highest BCUT2D eigenvalue weighted by Crippen LogP contribution is 2.23. The molecule has 0 aromatic heterocycles. The Hall–Kier alpha value is -2.67. The van der Waals surface area contributed by atoms with E-state index in [1.165, 1.54) is 11.1 Å². The number of carbonyl (C=O) groups excluding carboxylic acids is 1. The van der Waals surface area contributed by atoms with Gasteiger partial charge in [0.05, 0.1) is 0 Å². The van der Waals surface area contributed by atoms with Crippen LogP contribution in [0.3, 0.4) is 0 Å². The summed E-state index contributed by atoms with van der Waals surface area (Å²) in [6, 6.07) is 26.5. The standard InChI is InChI=1S/C20H16O/c21-15-19-8-4-5-9-20(19)18-12-10-17(11-13-18)14-16-6-2-1-3-7-16/h1-13,15H,14H2. The predicted octanol–water partition coefficient (Wildman–Crippen LogP) is 4.76. The Morgan fingerprint density at radius 2 is 1.29 bits per heavy atom. The second kappa shape index (κ2) is 6.19. The van der Waals surface area contributed by atoms with Crippen LogP contribution >= 0.6 is 0 Å². The van der Waals surface area contributed by atoms with E-state index in [9.17, 15) is 4.79 Å². The molecular weight excluding hydrogens is 256 g/mol. The minimum absolute atomic E-state index is 0.730. The van der Waals surface area contributed by atoms with E-state index >= 15 is 0 Å². The van der Waals surface area contributed by atoms with Gasteiger partial charge in [0.2, 0.25) is 0 Å². The third-order valence-electron chi connectivity index (χ3n) is 3.60. The summed E-state index contributed by atoms with van der Waals surface area (Å²) >= 11 is 0. The van der Waals surface area contributed by atoms with Gasteiger partial charge in [0.1, 0.15) is 0 Å². The quantitative estimate of drug-likeness (QED) is 0.626. The van der Waals surface area contributed by atoms with Crippen LogP contribution in [0.5, 0.6) is 0 Å². The van der Waals surface area contributed by atoms with Crippen molar-refractivity contribution in [2.24, 2.45) is 0 Å². The summed E-state index contributed by atoms with van der Waals surface area (Å²) in [5.41, 5.74) is 5.37. The van der Waals surface area contributed by atoms with E-state index in [0.717, 1.165) is 29.4 Å². The van der Waals surface area contributed by atoms with Crippen molar-refractivity contribution in [1.29, 1.82) is 0 Å². The van der Waals surface area contributed by atoms with Crippen LogP contribution in [0.4, 0.5) is 0 Å². The average molecular weight is 272 g/mol. The molecule has 1 heteroatoms. The van der Waals surface area contributed by atoms with Crippen LogP contribution in [-0.4, -0.2) is 6.29 Å². The summed E-state index contributed by atoms with van der Waals surface area (Å²) in [4.78, 5) is 11.1. The fourth-order valence-electron chi connectivity index (χ4n) is 2.50. The second-order valence-electron chi connectivity index (χ2n) is 5.06. The maximum Gasteiger partial charge on any atom is 0.150 e. The molecule has 0 atom stereocenters. The lowest BCUT2D eigenvalue weighted by Gasteiger charge is -2.07. The molecular formula is C20H16O. The minimum Gasteiger partial charge on any atom is -0.298 e. The summed E-state index contributed by atoms with van der Waals surface area (Å²) in [6.07, 6.45) is 1.84. The van der Waals surface area contributed by atoms with Gasteiger partial charge in [0.25, 0.3) is 0 Å². The van der Waals surface area contributed by atoms with Crippen LogP contribution < -0.4 is 0 Å². The summed E-state index contributed by atoms with van der Waals surface area (Å²) in [5.74, 6) is 0. The van der Waals surface area contributed by atoms with Crippen LogP contribution in [0, 0.1) is 0 Å². The van der Waals surface area contributed by atoms with Gasteiger partial charge < -0.3 is 0 Å². The molecule has 3 aromatic carbocycles. The molecule has 0 aliphatic rings. The number of rotatable bonds is 4. The van der Waals surface area contributed by atoms with E-state index in [-0.39, 0.29) is 0 Å². The van der Waals surface area contributed by atoms with Crippen molar-refractivity contribution in [1.82, 2.24) is 0 Å². The molecule has 1 nitrogen and oxygen atoms in total. The van der Waals surface area contributed by atoms with Gasteiger partial charge in [0, 0.05) is 5.56 Å². The van der Waals surface area contributed by atoms with Crippen LogP contribution in [0.2, 0.25) is 0 Å². The first-order chi connectivity index (χ1) is 10.4. The molecule has 102 valence electrons. The Labute approximate surface area is 124 Å². The molecule has 3 rings (SSSR count). The Morgan fingerprint density at radius 1 is 0.667 bits per heavy atom. The topological polar surface area (TPSA) is 17.1 Å². The van der Waals surface area contributed by atoms with Crippen LogP contribution in [0.15, 0.2) is 78.9 Å². The van der Waals surface area contributed by atoms with Gasteiger partial charge in [0.15, 0.2) is 6.29 Å². The van der Waals surface area contributed by atoms with Gasteiger partial charge in [-0.25, -0.2) is 0 Å². The second-order valence-corrected chi connectivity index (χ2v) is 5.06. The first kappa shape index (κ1) is 13.3. The maximum atomic E-state index is 11.1. The Kier molecular flexibility index (Phi) is 3.92. The fraction of sp³-hybridized carbons (Fsp3) is 0.0500. The molecule has 0 amide bonds. The van der Waals surface area contributed by atoms with E-state index in [0.29, 0.717) is 0 Å². The van der Waals surface area contributed by atoms with Crippen molar-refractivity contribution >= 4 is 6.29 Å². The molecule has 0 bridgehead atoms. The highest BCUT2D eigenvalue weighted by atomic mass is 16.1. The van der Waals surface area contributed by atoms with Crippen molar-refractivity contribution in [3.63, 3.8) is 0 Å². The Bertz CT molecular complexity index is 727. The molecule has 0 radical (unpaired) electrons. The first-order valence-corrected chi connectivity index (χ1v) is 7.04. The van der Waals surface area contributed by atoms with E-state index in [2.05, 4.69) is 48.5 Å². The zero-order chi connectivity index (χ0) is 14.5. The Balaban J connectivity index is 1.86. The van der Waals surface area contributed by atoms with Crippen LogP contribution in [-0.2, 0) is 6.42 Å². The van der Waals surface area contributed by atoms with E-state index in [4.69, 9.17) is 0 Å². The highest BCUT2D eigenvalue weighted by molar-refractivity contribution is 5.87. The van der Waals surface area contributed by atoms with Crippen LogP contribution in [0.25, 0.3) is 11.1 Å². The van der Waals surface area contributed by atoms with Crippen molar-refractivity contribution in [3.05, 3.63) is 95.6 Å². The van der Waals surface area contributed by atoms with Gasteiger partial charge in [-0.05, 0) is 28.7 Å². The smallest absolute Gasteiger partial charge is 0.150 e. The lowest BCUT2D eigenvalue weighted by molar-refractivity contribution is 0.112. The van der Waals surface area contributed by atoms with Crippen molar-refractivity contribution in [2.45, 2.75) is 6.42 Å². The molecule has 0 saturated heterocycles. The molecule has 0 aliphatic carbocycles. The van der Waals surface area contributed by atoms with E-state index in [1.54, 1.807) is 0 Å². The van der Waals surface area contributed by atoms with Crippen molar-refractivity contribution < 1.29 is 4.79 Å². The zero-order valence-electron chi connectivity index (χ0n) is 11.7. The summed E-state index contributed by atoms with van der Waals surface area (Å²) in [7, 11) is 0. The molecule has 0 spiro atoms. The minimum atomic E-state index is 0.730. The van der Waals surface area contributed by atoms with E-state index < -0.39 is 0 Å². The van der Waals surface area contributed by atoms with Gasteiger partial charge in [-0.2, -0.15) is 0 Å². The SMILES string of the molecule is O=Cc1ccccc1-c1ccc(Cc2ccccc2)cc1. The molecule has 0 fully saturated rings. The molecule has 3 aromatic rings. The summed E-state index contributed by atoms with van der Waals surface area (Å²) in [6.45, 7) is 0. The van der Waals surface area contributed by atoms with Gasteiger partial charge in [-0.3, -0.25) is 4.79 Å².